The molecular weight excluding hydrogens is 158 g/mol. The number of carbonyl (C=O) groups excluding carboxylic acids is 1. The van der Waals surface area contributed by atoms with Crippen LogP contribution >= 0.6 is 0 Å². The van der Waals surface area contributed by atoms with E-state index in [1.807, 2.05) is 0 Å². The van der Waals surface area contributed by atoms with E-state index in [0.29, 0.717) is 6.54 Å². The van der Waals surface area contributed by atoms with Gasteiger partial charge in [0.2, 0.25) is 0 Å². The van der Waals surface area contributed by atoms with Crippen molar-refractivity contribution in [3.63, 3.8) is 0 Å². The minimum absolute atomic E-state index is 0.282. The Kier molecular flexibility index (Phi) is 3.05. The predicted molar refractivity (Wildman–Crippen MR) is 41.9 cm³/mol. The third-order valence-corrected chi connectivity index (χ3v) is 2.23. The Morgan fingerprint density at radius 2 is 2.33 bits per heavy atom. The first-order chi connectivity index (χ1) is 5.66. The SMILES string of the molecule is COC(=O)C1CCCN1C(C)[O]. The largest absolute Gasteiger partial charge is 0.468 e. The van der Waals surface area contributed by atoms with E-state index in [2.05, 4.69) is 4.74 Å². The number of nitrogens with zero attached hydrogens (tertiary/aromatic N) is 1. The monoisotopic (exact) mass is 172 g/mol. The Morgan fingerprint density at radius 3 is 2.83 bits per heavy atom. The summed E-state index contributed by atoms with van der Waals surface area (Å²) in [6.45, 7) is 2.27. The maximum Gasteiger partial charge on any atom is 0.323 e. The molecule has 1 radical (unpaired) electrons. The topological polar surface area (TPSA) is 49.4 Å². The molecule has 4 nitrogen and oxygen atoms in total. The summed E-state index contributed by atoms with van der Waals surface area (Å²) in [5, 5.41) is 11.1. The number of rotatable bonds is 2. The van der Waals surface area contributed by atoms with Gasteiger partial charge in [0, 0.05) is 6.54 Å². The Bertz CT molecular complexity index is 170. The second kappa shape index (κ2) is 3.87. The van der Waals surface area contributed by atoms with Crippen molar-refractivity contribution in [1.29, 1.82) is 0 Å². The van der Waals surface area contributed by atoms with Crippen LogP contribution in [0.3, 0.4) is 0 Å². The fourth-order valence-corrected chi connectivity index (χ4v) is 1.61. The van der Waals surface area contributed by atoms with Gasteiger partial charge in [0.25, 0.3) is 0 Å². The Balaban J connectivity index is 2.57. The second-order valence-electron chi connectivity index (χ2n) is 3.02. The molecule has 0 spiro atoms. The van der Waals surface area contributed by atoms with Gasteiger partial charge in [-0.25, -0.2) is 5.11 Å². The van der Waals surface area contributed by atoms with E-state index < -0.39 is 6.23 Å². The molecule has 0 N–H and O–H groups in total. The summed E-state index contributed by atoms with van der Waals surface area (Å²) >= 11 is 0. The van der Waals surface area contributed by atoms with Crippen molar-refractivity contribution in [3.8, 4) is 0 Å². The van der Waals surface area contributed by atoms with Crippen molar-refractivity contribution < 1.29 is 14.6 Å². The summed E-state index contributed by atoms with van der Waals surface area (Å²) in [5.41, 5.74) is 0. The molecule has 0 aromatic heterocycles. The molecule has 0 saturated carbocycles. The van der Waals surface area contributed by atoms with Gasteiger partial charge in [-0.05, 0) is 19.8 Å². The van der Waals surface area contributed by atoms with Gasteiger partial charge in [0.15, 0.2) is 0 Å². The third kappa shape index (κ3) is 1.76. The van der Waals surface area contributed by atoms with Crippen LogP contribution in [0, 0.1) is 0 Å². The number of carbonyl (C=O) groups is 1. The first kappa shape index (κ1) is 9.48. The summed E-state index contributed by atoms with van der Waals surface area (Å²) in [4.78, 5) is 12.8. The number of esters is 1. The summed E-state index contributed by atoms with van der Waals surface area (Å²) in [5.74, 6) is -0.282. The van der Waals surface area contributed by atoms with Crippen molar-refractivity contribution in [3.05, 3.63) is 0 Å². The van der Waals surface area contributed by atoms with E-state index in [1.54, 1.807) is 11.8 Å². The van der Waals surface area contributed by atoms with Gasteiger partial charge < -0.3 is 4.74 Å². The summed E-state index contributed by atoms with van der Waals surface area (Å²) in [7, 11) is 1.36. The van der Waals surface area contributed by atoms with Crippen LogP contribution in [0.4, 0.5) is 0 Å². The lowest BCUT2D eigenvalue weighted by molar-refractivity contribution is -0.151. The zero-order chi connectivity index (χ0) is 9.14. The highest BCUT2D eigenvalue weighted by Crippen LogP contribution is 2.19. The van der Waals surface area contributed by atoms with Crippen LogP contribution < -0.4 is 0 Å². The fraction of sp³-hybridized carbons (Fsp3) is 0.875. The molecule has 2 atom stereocenters. The summed E-state index contributed by atoms with van der Waals surface area (Å²) < 4.78 is 4.60. The molecular formula is C8H14NO3. The van der Waals surface area contributed by atoms with E-state index in [-0.39, 0.29) is 12.0 Å². The molecule has 69 valence electrons. The molecule has 1 heterocycles. The predicted octanol–water partition coefficient (Wildman–Crippen LogP) is 0.400. The van der Waals surface area contributed by atoms with Gasteiger partial charge in [-0.3, -0.25) is 9.69 Å². The van der Waals surface area contributed by atoms with Crippen LogP contribution in [0.2, 0.25) is 0 Å². The number of ether oxygens (including phenoxy) is 1. The zero-order valence-corrected chi connectivity index (χ0v) is 7.45. The van der Waals surface area contributed by atoms with E-state index in [9.17, 15) is 9.90 Å². The van der Waals surface area contributed by atoms with E-state index in [4.69, 9.17) is 0 Å². The Labute approximate surface area is 72.1 Å². The minimum Gasteiger partial charge on any atom is -0.468 e. The highest BCUT2D eigenvalue weighted by atomic mass is 16.5. The Morgan fingerprint density at radius 1 is 1.67 bits per heavy atom. The van der Waals surface area contributed by atoms with E-state index in [1.165, 1.54) is 7.11 Å². The van der Waals surface area contributed by atoms with Crippen molar-refractivity contribution in [2.75, 3.05) is 13.7 Å². The normalized spacial score (nSPS) is 27.1. The van der Waals surface area contributed by atoms with Gasteiger partial charge in [0.1, 0.15) is 12.3 Å². The first-order valence-electron chi connectivity index (χ1n) is 4.16. The van der Waals surface area contributed by atoms with Crippen LogP contribution in [0.1, 0.15) is 19.8 Å². The quantitative estimate of drug-likeness (QED) is 0.566. The van der Waals surface area contributed by atoms with Crippen molar-refractivity contribution in [2.24, 2.45) is 0 Å². The van der Waals surface area contributed by atoms with Crippen LogP contribution in [0.25, 0.3) is 0 Å². The standard InChI is InChI=1S/C8H14NO3/c1-6(10)9-5-3-4-7(9)8(11)12-2/h6-7H,3-5H2,1-2H3. The molecule has 2 unspecified atom stereocenters. The highest BCUT2D eigenvalue weighted by Gasteiger charge is 2.34. The molecule has 0 aromatic carbocycles. The molecule has 1 aliphatic rings. The molecule has 0 aliphatic carbocycles. The van der Waals surface area contributed by atoms with Gasteiger partial charge >= 0.3 is 5.97 Å². The minimum atomic E-state index is -0.809. The van der Waals surface area contributed by atoms with Crippen LogP contribution in [0.15, 0.2) is 0 Å². The molecule has 1 aliphatic heterocycles. The average Bonchev–Trinajstić information content (AvgIpc) is 2.50. The second-order valence-corrected chi connectivity index (χ2v) is 3.02. The van der Waals surface area contributed by atoms with Gasteiger partial charge in [-0.1, -0.05) is 0 Å². The van der Waals surface area contributed by atoms with Gasteiger partial charge in [-0.15, -0.1) is 0 Å². The lowest BCUT2D eigenvalue weighted by atomic mass is 10.2. The highest BCUT2D eigenvalue weighted by molar-refractivity contribution is 5.75. The van der Waals surface area contributed by atoms with Gasteiger partial charge in [-0.2, -0.15) is 0 Å². The number of hydrogen-bond donors (Lipinski definition) is 0. The van der Waals surface area contributed by atoms with Crippen LogP contribution in [-0.4, -0.2) is 36.8 Å². The fourth-order valence-electron chi connectivity index (χ4n) is 1.61. The average molecular weight is 172 g/mol. The third-order valence-electron chi connectivity index (χ3n) is 2.23. The molecule has 0 aromatic rings. The zero-order valence-electron chi connectivity index (χ0n) is 7.45. The lowest BCUT2D eigenvalue weighted by Gasteiger charge is -2.23. The van der Waals surface area contributed by atoms with Crippen LogP contribution in [0.5, 0.6) is 0 Å². The molecule has 1 rings (SSSR count). The Hall–Kier alpha value is -0.610. The molecule has 0 bridgehead atoms. The van der Waals surface area contributed by atoms with Crippen molar-refractivity contribution >= 4 is 5.97 Å². The van der Waals surface area contributed by atoms with E-state index >= 15 is 0 Å². The molecule has 12 heavy (non-hydrogen) atoms. The number of likely N-dealkylation sites (tertiary alicyclic amines) is 1. The van der Waals surface area contributed by atoms with E-state index in [0.717, 1.165) is 12.8 Å². The molecule has 1 saturated heterocycles. The first-order valence-corrected chi connectivity index (χ1v) is 4.16. The summed E-state index contributed by atoms with van der Waals surface area (Å²) in [6, 6.07) is -0.303. The lowest BCUT2D eigenvalue weighted by Crippen LogP contribution is -2.41. The molecule has 0 amide bonds. The molecule has 1 fully saturated rings. The van der Waals surface area contributed by atoms with Crippen molar-refractivity contribution in [2.45, 2.75) is 32.0 Å². The van der Waals surface area contributed by atoms with Gasteiger partial charge in [0.05, 0.1) is 7.11 Å². The van der Waals surface area contributed by atoms with Crippen molar-refractivity contribution in [1.82, 2.24) is 4.90 Å². The number of methoxy groups -OCH3 is 1. The maximum absolute atomic E-state index is 11.1. The maximum atomic E-state index is 11.1. The molecule has 4 heteroatoms. The van der Waals surface area contributed by atoms with Crippen LogP contribution in [-0.2, 0) is 14.6 Å². The number of hydrogen-bond acceptors (Lipinski definition) is 3. The summed E-state index contributed by atoms with van der Waals surface area (Å²) in [6.07, 6.45) is 0.850. The smallest absolute Gasteiger partial charge is 0.323 e.